The van der Waals surface area contributed by atoms with Crippen LogP contribution >= 0.6 is 0 Å². The molecule has 1 unspecified atom stereocenters. The Hall–Kier alpha value is -0.830. The maximum atomic E-state index is 9.08. The predicted molar refractivity (Wildman–Crippen MR) is 50.5 cm³/mol. The van der Waals surface area contributed by atoms with Gasteiger partial charge in [-0.3, -0.25) is 4.68 Å². The van der Waals surface area contributed by atoms with E-state index in [0.29, 0.717) is 12.5 Å². The predicted octanol–water partition coefficient (Wildman–Crippen LogP) is 0.826. The molecule has 0 fully saturated rings. The maximum absolute atomic E-state index is 9.08. The maximum Gasteiger partial charge on any atom is 0.0628 e. The number of fused-ring (bicyclic) bond motifs is 1. The van der Waals surface area contributed by atoms with Gasteiger partial charge in [-0.1, -0.05) is 0 Å². The van der Waals surface area contributed by atoms with Gasteiger partial charge in [0.05, 0.1) is 5.69 Å². The van der Waals surface area contributed by atoms with Crippen LogP contribution in [-0.2, 0) is 19.9 Å². The molecule has 0 radical (unpaired) electrons. The molecule has 0 spiro atoms. The minimum Gasteiger partial charge on any atom is -0.396 e. The smallest absolute Gasteiger partial charge is 0.0628 e. The van der Waals surface area contributed by atoms with Gasteiger partial charge in [-0.25, -0.2) is 0 Å². The third kappa shape index (κ3) is 1.37. The van der Waals surface area contributed by atoms with E-state index in [1.807, 2.05) is 11.7 Å². The molecule has 3 heteroatoms. The van der Waals surface area contributed by atoms with E-state index in [1.165, 1.54) is 11.3 Å². The number of hydrogen-bond acceptors (Lipinski definition) is 2. The molecule has 0 saturated heterocycles. The third-order valence-corrected chi connectivity index (χ3v) is 3.02. The molecule has 0 saturated carbocycles. The minimum absolute atomic E-state index is 0.309. The molecule has 3 nitrogen and oxygen atoms in total. The van der Waals surface area contributed by atoms with Gasteiger partial charge in [0.25, 0.3) is 0 Å². The molecule has 1 N–H and O–H groups in total. The van der Waals surface area contributed by atoms with Crippen LogP contribution in [0.2, 0.25) is 0 Å². The molecule has 13 heavy (non-hydrogen) atoms. The molecule has 1 aliphatic carbocycles. The highest BCUT2D eigenvalue weighted by molar-refractivity contribution is 5.28. The Labute approximate surface area is 78.4 Å². The average Bonchev–Trinajstić information content (AvgIpc) is 2.42. The zero-order valence-corrected chi connectivity index (χ0v) is 8.25. The van der Waals surface area contributed by atoms with Gasteiger partial charge < -0.3 is 5.11 Å². The Morgan fingerprint density at radius 2 is 2.38 bits per heavy atom. The van der Waals surface area contributed by atoms with Crippen LogP contribution in [-0.4, -0.2) is 21.5 Å². The van der Waals surface area contributed by atoms with Gasteiger partial charge in [0.1, 0.15) is 0 Å². The summed E-state index contributed by atoms with van der Waals surface area (Å²) in [6, 6.07) is 0. The number of aliphatic hydroxyl groups is 1. The molecule has 1 aliphatic rings. The fourth-order valence-electron chi connectivity index (χ4n) is 2.21. The van der Waals surface area contributed by atoms with Crippen LogP contribution in [0.4, 0.5) is 0 Å². The Morgan fingerprint density at radius 3 is 3.08 bits per heavy atom. The molecule has 1 aromatic heterocycles. The quantitative estimate of drug-likeness (QED) is 0.695. The largest absolute Gasteiger partial charge is 0.396 e. The molecule has 72 valence electrons. The number of aliphatic hydroxyl groups excluding tert-OH is 1. The number of hydrogen-bond donors (Lipinski definition) is 1. The van der Waals surface area contributed by atoms with Crippen molar-refractivity contribution in [2.24, 2.45) is 13.0 Å². The number of rotatable bonds is 1. The zero-order valence-electron chi connectivity index (χ0n) is 8.25. The fraction of sp³-hybridized carbons (Fsp3) is 0.700. The lowest BCUT2D eigenvalue weighted by atomic mass is 9.87. The zero-order chi connectivity index (χ0) is 9.42. The van der Waals surface area contributed by atoms with E-state index in [2.05, 4.69) is 12.0 Å². The summed E-state index contributed by atoms with van der Waals surface area (Å²) in [6.07, 6.45) is 3.18. The van der Waals surface area contributed by atoms with Gasteiger partial charge in [-0.15, -0.1) is 0 Å². The van der Waals surface area contributed by atoms with Crippen LogP contribution in [0.15, 0.2) is 0 Å². The molecule has 0 aliphatic heterocycles. The summed E-state index contributed by atoms with van der Waals surface area (Å²) in [5.74, 6) is 0.447. The van der Waals surface area contributed by atoms with Gasteiger partial charge in [0.15, 0.2) is 0 Å². The minimum atomic E-state index is 0.309. The van der Waals surface area contributed by atoms with Crippen molar-refractivity contribution in [3.8, 4) is 0 Å². The van der Waals surface area contributed by atoms with Crippen molar-refractivity contribution in [1.82, 2.24) is 9.78 Å². The fourth-order valence-corrected chi connectivity index (χ4v) is 2.21. The summed E-state index contributed by atoms with van der Waals surface area (Å²) < 4.78 is 1.96. The van der Waals surface area contributed by atoms with Crippen LogP contribution in [0, 0.1) is 12.8 Å². The van der Waals surface area contributed by atoms with E-state index in [4.69, 9.17) is 5.11 Å². The lowest BCUT2D eigenvalue weighted by molar-refractivity contribution is 0.211. The molecule has 0 amide bonds. The lowest BCUT2D eigenvalue weighted by Crippen LogP contribution is -2.19. The molecular formula is C10H16N2O. The van der Waals surface area contributed by atoms with E-state index in [0.717, 1.165) is 25.0 Å². The van der Waals surface area contributed by atoms with E-state index in [9.17, 15) is 0 Å². The number of nitrogens with zero attached hydrogens (tertiary/aromatic N) is 2. The van der Waals surface area contributed by atoms with Crippen molar-refractivity contribution in [2.75, 3.05) is 6.61 Å². The van der Waals surface area contributed by atoms with Gasteiger partial charge in [-0.05, 0) is 37.7 Å². The second kappa shape index (κ2) is 3.14. The highest BCUT2D eigenvalue weighted by Crippen LogP contribution is 2.26. The van der Waals surface area contributed by atoms with Crippen molar-refractivity contribution in [2.45, 2.75) is 26.2 Å². The third-order valence-electron chi connectivity index (χ3n) is 3.02. The van der Waals surface area contributed by atoms with Crippen LogP contribution in [0.5, 0.6) is 0 Å². The van der Waals surface area contributed by atoms with Gasteiger partial charge >= 0.3 is 0 Å². The van der Waals surface area contributed by atoms with Crippen LogP contribution in [0.25, 0.3) is 0 Å². The Bertz CT molecular complexity index is 317. The van der Waals surface area contributed by atoms with Gasteiger partial charge in [-0.2, -0.15) is 5.10 Å². The summed E-state index contributed by atoms with van der Waals surface area (Å²) in [5, 5.41) is 13.5. The molecule has 1 aromatic rings. The summed E-state index contributed by atoms with van der Waals surface area (Å²) in [7, 11) is 1.99. The van der Waals surface area contributed by atoms with Crippen LogP contribution in [0.3, 0.4) is 0 Å². The Balaban J connectivity index is 2.33. The molecule has 2 rings (SSSR count). The van der Waals surface area contributed by atoms with Crippen molar-refractivity contribution in [3.05, 3.63) is 17.0 Å². The first-order valence-electron chi connectivity index (χ1n) is 4.84. The SMILES string of the molecule is Cc1nn(C)c2c1CCC(CO)C2. The molecule has 0 bridgehead atoms. The Kier molecular flexibility index (Phi) is 2.12. The topological polar surface area (TPSA) is 38.0 Å². The molecule has 0 aromatic carbocycles. The van der Waals surface area contributed by atoms with E-state index >= 15 is 0 Å². The van der Waals surface area contributed by atoms with E-state index in [-0.39, 0.29) is 0 Å². The normalized spacial score (nSPS) is 21.6. The second-order valence-electron chi connectivity index (χ2n) is 3.93. The van der Waals surface area contributed by atoms with E-state index < -0.39 is 0 Å². The number of aryl methyl sites for hydroxylation is 2. The molecule has 1 heterocycles. The first-order chi connectivity index (χ1) is 6.22. The van der Waals surface area contributed by atoms with Crippen molar-refractivity contribution in [3.63, 3.8) is 0 Å². The van der Waals surface area contributed by atoms with Crippen LogP contribution < -0.4 is 0 Å². The molecule has 1 atom stereocenters. The molecular weight excluding hydrogens is 164 g/mol. The van der Waals surface area contributed by atoms with Crippen molar-refractivity contribution in [1.29, 1.82) is 0 Å². The van der Waals surface area contributed by atoms with Crippen LogP contribution in [0.1, 0.15) is 23.4 Å². The monoisotopic (exact) mass is 180 g/mol. The average molecular weight is 180 g/mol. The number of aromatic nitrogens is 2. The van der Waals surface area contributed by atoms with Gasteiger partial charge in [0, 0.05) is 19.3 Å². The summed E-state index contributed by atoms with van der Waals surface area (Å²) in [5.41, 5.74) is 3.89. The highest BCUT2D eigenvalue weighted by Gasteiger charge is 2.22. The van der Waals surface area contributed by atoms with Crippen molar-refractivity contribution >= 4 is 0 Å². The highest BCUT2D eigenvalue weighted by atomic mass is 16.3. The standard InChI is InChI=1S/C10H16N2O/c1-7-9-4-3-8(6-13)5-10(9)12(2)11-7/h8,13H,3-6H2,1-2H3. The first kappa shape index (κ1) is 8.75. The lowest BCUT2D eigenvalue weighted by Gasteiger charge is -2.20. The van der Waals surface area contributed by atoms with E-state index in [1.54, 1.807) is 0 Å². The Morgan fingerprint density at radius 1 is 1.62 bits per heavy atom. The van der Waals surface area contributed by atoms with Gasteiger partial charge in [0.2, 0.25) is 0 Å². The second-order valence-corrected chi connectivity index (χ2v) is 3.93. The summed E-state index contributed by atoms with van der Waals surface area (Å²) in [4.78, 5) is 0. The summed E-state index contributed by atoms with van der Waals surface area (Å²) in [6.45, 7) is 2.38. The first-order valence-corrected chi connectivity index (χ1v) is 4.84. The summed E-state index contributed by atoms with van der Waals surface area (Å²) >= 11 is 0. The van der Waals surface area contributed by atoms with Crippen molar-refractivity contribution < 1.29 is 5.11 Å².